The molecule has 1 heterocycles. The molecule has 0 amide bonds. The highest BCUT2D eigenvalue weighted by atomic mass is 79.9. The summed E-state index contributed by atoms with van der Waals surface area (Å²) in [4.78, 5) is 0. The van der Waals surface area contributed by atoms with E-state index < -0.39 is 0 Å². The van der Waals surface area contributed by atoms with E-state index >= 15 is 0 Å². The summed E-state index contributed by atoms with van der Waals surface area (Å²) in [7, 11) is 0. The molecule has 0 nitrogen and oxygen atoms in total. The zero-order valence-electron chi connectivity index (χ0n) is 8.56. The van der Waals surface area contributed by atoms with Crippen molar-refractivity contribution < 1.29 is 0 Å². The molecule has 0 N–H and O–H groups in total. The van der Waals surface area contributed by atoms with Crippen molar-refractivity contribution in [2.75, 3.05) is 0 Å². The van der Waals surface area contributed by atoms with E-state index in [1.807, 2.05) is 0 Å². The molecule has 74 valence electrons. The van der Waals surface area contributed by atoms with Crippen molar-refractivity contribution >= 4 is 27.3 Å². The van der Waals surface area contributed by atoms with Crippen molar-refractivity contribution in [2.24, 2.45) is 0 Å². The largest absolute Gasteiger partial charge is 0.151 e. The molecule has 0 saturated carbocycles. The molecule has 1 atom stereocenters. The predicted octanol–water partition coefficient (Wildman–Crippen LogP) is 4.98. The Hall–Kier alpha value is 0.180. The van der Waals surface area contributed by atoms with Gasteiger partial charge in [0.2, 0.25) is 0 Å². The van der Waals surface area contributed by atoms with Gasteiger partial charge in [-0.25, -0.2) is 0 Å². The average Bonchev–Trinajstić information content (AvgIpc) is 2.52. The van der Waals surface area contributed by atoms with Crippen LogP contribution in [0.15, 0.2) is 15.2 Å². The van der Waals surface area contributed by atoms with Crippen LogP contribution in [-0.2, 0) is 5.41 Å². The van der Waals surface area contributed by atoms with Crippen LogP contribution in [0.5, 0.6) is 0 Å². The third-order valence-corrected chi connectivity index (χ3v) is 4.55. The molecule has 0 aliphatic heterocycles. The summed E-state index contributed by atoms with van der Waals surface area (Å²) in [5, 5.41) is 4.46. The van der Waals surface area contributed by atoms with Gasteiger partial charge in [-0.05, 0) is 45.1 Å². The molecule has 1 aromatic heterocycles. The highest BCUT2D eigenvalue weighted by molar-refractivity contribution is 9.10. The Morgan fingerprint density at radius 2 is 2.08 bits per heavy atom. The third-order valence-electron chi connectivity index (χ3n) is 2.85. The summed E-state index contributed by atoms with van der Waals surface area (Å²) < 4.78 is 1.29. The fraction of sp³-hybridized carbons (Fsp3) is 0.636. The molecule has 0 bridgehead atoms. The fourth-order valence-corrected chi connectivity index (χ4v) is 3.70. The zero-order valence-corrected chi connectivity index (χ0v) is 11.0. The highest BCUT2D eigenvalue weighted by Gasteiger charge is 2.25. The lowest BCUT2D eigenvalue weighted by Gasteiger charge is -2.27. The van der Waals surface area contributed by atoms with Crippen LogP contribution < -0.4 is 0 Å². The number of hydrogen-bond donors (Lipinski definition) is 0. The number of halogens is 1. The quantitative estimate of drug-likeness (QED) is 0.717. The third kappa shape index (κ3) is 2.35. The molecule has 0 radical (unpaired) electrons. The number of rotatable bonds is 4. The van der Waals surface area contributed by atoms with Crippen molar-refractivity contribution in [3.8, 4) is 0 Å². The first-order valence-electron chi connectivity index (χ1n) is 4.86. The van der Waals surface area contributed by atoms with E-state index in [-0.39, 0.29) is 0 Å². The predicted molar refractivity (Wildman–Crippen MR) is 64.6 cm³/mol. The van der Waals surface area contributed by atoms with Gasteiger partial charge in [0.05, 0.1) is 0 Å². The molecule has 0 aliphatic rings. The van der Waals surface area contributed by atoms with Crippen LogP contribution in [0.4, 0.5) is 0 Å². The van der Waals surface area contributed by atoms with Gasteiger partial charge in [-0.15, -0.1) is 0 Å². The lowest BCUT2D eigenvalue weighted by molar-refractivity contribution is 0.413. The first-order valence-corrected chi connectivity index (χ1v) is 6.59. The maximum Gasteiger partial charge on any atom is 0.0319 e. The van der Waals surface area contributed by atoms with E-state index in [0.29, 0.717) is 5.41 Å². The Morgan fingerprint density at radius 3 is 2.46 bits per heavy atom. The normalized spacial score (nSPS) is 15.7. The molecule has 2 heteroatoms. The first kappa shape index (κ1) is 11.3. The summed E-state index contributed by atoms with van der Waals surface area (Å²) in [5.41, 5.74) is 1.86. The van der Waals surface area contributed by atoms with E-state index in [2.05, 4.69) is 47.5 Å². The van der Waals surface area contributed by atoms with E-state index in [4.69, 9.17) is 0 Å². The lowest BCUT2D eigenvalue weighted by atomic mass is 9.78. The van der Waals surface area contributed by atoms with Crippen LogP contribution in [0.3, 0.4) is 0 Å². The summed E-state index contributed by atoms with van der Waals surface area (Å²) in [6.45, 7) is 6.90. The highest BCUT2D eigenvalue weighted by Crippen LogP contribution is 2.38. The van der Waals surface area contributed by atoms with Crippen molar-refractivity contribution in [3.05, 3.63) is 20.8 Å². The van der Waals surface area contributed by atoms with Gasteiger partial charge in [0.1, 0.15) is 0 Å². The second-order valence-corrected chi connectivity index (χ2v) is 5.40. The molecule has 0 saturated heterocycles. The standard InChI is InChI=1S/C11H17BrS/c1-4-6-11(3,5-2)9-7-13-8-10(9)12/h7-8H,4-6H2,1-3H3. The van der Waals surface area contributed by atoms with Gasteiger partial charge in [-0.1, -0.05) is 27.2 Å². The van der Waals surface area contributed by atoms with Crippen LogP contribution in [0, 0.1) is 0 Å². The van der Waals surface area contributed by atoms with Gasteiger partial charge < -0.3 is 0 Å². The average molecular weight is 261 g/mol. The Bertz CT molecular complexity index is 267. The van der Waals surface area contributed by atoms with Gasteiger partial charge >= 0.3 is 0 Å². The Morgan fingerprint density at radius 1 is 1.38 bits per heavy atom. The van der Waals surface area contributed by atoms with Gasteiger partial charge in [-0.3, -0.25) is 0 Å². The second-order valence-electron chi connectivity index (χ2n) is 3.80. The summed E-state index contributed by atoms with van der Waals surface area (Å²) in [6, 6.07) is 0. The van der Waals surface area contributed by atoms with Gasteiger partial charge in [0.25, 0.3) is 0 Å². The molecule has 0 aromatic carbocycles. The second kappa shape index (κ2) is 4.61. The fourth-order valence-electron chi connectivity index (χ4n) is 1.77. The van der Waals surface area contributed by atoms with Crippen LogP contribution in [0.1, 0.15) is 45.6 Å². The van der Waals surface area contributed by atoms with E-state index in [0.717, 1.165) is 0 Å². The van der Waals surface area contributed by atoms with Crippen LogP contribution >= 0.6 is 27.3 Å². The number of hydrogen-bond acceptors (Lipinski definition) is 1. The molecule has 0 spiro atoms. The molecule has 1 rings (SSSR count). The molecule has 1 aromatic rings. The summed E-state index contributed by atoms with van der Waals surface area (Å²) in [5.74, 6) is 0. The molecule has 0 aliphatic carbocycles. The van der Waals surface area contributed by atoms with Crippen molar-refractivity contribution in [1.29, 1.82) is 0 Å². The van der Waals surface area contributed by atoms with Gasteiger partial charge in [0.15, 0.2) is 0 Å². The first-order chi connectivity index (χ1) is 6.14. The Labute approximate surface area is 93.5 Å². The van der Waals surface area contributed by atoms with Crippen molar-refractivity contribution in [2.45, 2.75) is 45.4 Å². The molecule has 13 heavy (non-hydrogen) atoms. The number of thiophene rings is 1. The smallest absolute Gasteiger partial charge is 0.0319 e. The minimum Gasteiger partial charge on any atom is -0.151 e. The minimum atomic E-state index is 0.369. The topological polar surface area (TPSA) is 0 Å². The van der Waals surface area contributed by atoms with E-state index in [9.17, 15) is 0 Å². The van der Waals surface area contributed by atoms with Crippen LogP contribution in [-0.4, -0.2) is 0 Å². The molecular formula is C11H17BrS. The zero-order chi connectivity index (χ0) is 9.90. The van der Waals surface area contributed by atoms with Gasteiger partial charge in [-0.2, -0.15) is 11.3 Å². The molecular weight excluding hydrogens is 244 g/mol. The SMILES string of the molecule is CCCC(C)(CC)c1cscc1Br. The summed E-state index contributed by atoms with van der Waals surface area (Å²) >= 11 is 5.41. The maximum atomic E-state index is 3.62. The summed E-state index contributed by atoms with van der Waals surface area (Å²) in [6.07, 6.45) is 3.75. The van der Waals surface area contributed by atoms with E-state index in [1.165, 1.54) is 29.3 Å². The van der Waals surface area contributed by atoms with Gasteiger partial charge in [0, 0.05) is 9.85 Å². The molecule has 0 fully saturated rings. The monoisotopic (exact) mass is 260 g/mol. The van der Waals surface area contributed by atoms with Crippen LogP contribution in [0.25, 0.3) is 0 Å². The van der Waals surface area contributed by atoms with E-state index in [1.54, 1.807) is 11.3 Å². The van der Waals surface area contributed by atoms with Crippen LogP contribution in [0.2, 0.25) is 0 Å². The minimum absolute atomic E-state index is 0.369. The van der Waals surface area contributed by atoms with Crippen molar-refractivity contribution in [3.63, 3.8) is 0 Å². The molecule has 1 unspecified atom stereocenters. The Kier molecular flexibility index (Phi) is 3.99. The Balaban J connectivity index is 2.95. The lowest BCUT2D eigenvalue weighted by Crippen LogP contribution is -2.20. The van der Waals surface area contributed by atoms with Crippen molar-refractivity contribution in [1.82, 2.24) is 0 Å². The maximum absolute atomic E-state index is 3.62.